The molecule has 0 amide bonds. The van der Waals surface area contributed by atoms with E-state index in [1.165, 1.54) is 24.3 Å². The van der Waals surface area contributed by atoms with Gasteiger partial charge < -0.3 is 10.2 Å². The fraction of sp³-hybridized carbons (Fsp3) is 0.250. The van der Waals surface area contributed by atoms with Crippen LogP contribution in [0.5, 0.6) is 11.5 Å². The van der Waals surface area contributed by atoms with Crippen molar-refractivity contribution in [1.29, 1.82) is 0 Å². The number of phenolic OH excluding ortho intramolecular Hbond substituents is 2. The van der Waals surface area contributed by atoms with E-state index < -0.39 is 9.85 Å². The molecule has 0 unspecified atom stereocenters. The fourth-order valence-corrected chi connectivity index (χ4v) is 6.29. The molecule has 4 aromatic rings. The number of fused-ring (bicyclic) bond motifs is 2. The molecule has 0 bridgehead atoms. The number of aryl methyl sites for hydroxylation is 2. The van der Waals surface area contributed by atoms with Crippen LogP contribution in [-0.2, 0) is 25.7 Å². The first kappa shape index (κ1) is 25.6. The SMILES string of the molecule is O=[N+]([O-])c1ccc(-c2cc3c(c(-c4c(O)c(-c5ccc([N+](=O)[O-])cc5)cc5c4CCCC5)c2O)CCCC3)cc1. The molecule has 0 saturated heterocycles. The van der Waals surface area contributed by atoms with Crippen LogP contribution in [0.3, 0.4) is 0 Å². The van der Waals surface area contributed by atoms with E-state index in [1.54, 1.807) is 24.3 Å². The Kier molecular flexibility index (Phi) is 6.46. The third-order valence-electron chi connectivity index (χ3n) is 8.27. The Balaban J connectivity index is 1.62. The van der Waals surface area contributed by atoms with Gasteiger partial charge in [-0.3, -0.25) is 20.2 Å². The Morgan fingerprint density at radius 2 is 0.900 bits per heavy atom. The van der Waals surface area contributed by atoms with Gasteiger partial charge in [0.25, 0.3) is 11.4 Å². The number of nitro benzene ring substituents is 2. The van der Waals surface area contributed by atoms with Crippen LogP contribution in [0.25, 0.3) is 33.4 Å². The van der Waals surface area contributed by atoms with E-state index in [9.17, 15) is 30.4 Å². The second kappa shape index (κ2) is 10.1. The minimum atomic E-state index is -0.448. The normalized spacial score (nSPS) is 14.3. The minimum absolute atomic E-state index is 0.0241. The standard InChI is InChI=1S/C32H28N2O6/c35-31-27(19-9-13-23(14-10-19)33(37)38)17-21-5-1-3-7-25(21)29(31)30-26-8-4-2-6-22(26)18-28(32(30)36)20-11-15-24(16-12-20)34(39)40/h9-18,35-36H,1-8H2. The van der Waals surface area contributed by atoms with Crippen molar-refractivity contribution >= 4 is 11.4 Å². The van der Waals surface area contributed by atoms with Crippen LogP contribution in [0.4, 0.5) is 11.4 Å². The third kappa shape index (κ3) is 4.35. The molecule has 8 heteroatoms. The molecule has 0 heterocycles. The van der Waals surface area contributed by atoms with Crippen LogP contribution in [-0.4, -0.2) is 20.1 Å². The molecule has 8 nitrogen and oxygen atoms in total. The van der Waals surface area contributed by atoms with Gasteiger partial charge in [0.05, 0.1) is 9.85 Å². The number of rotatable bonds is 5. The molecule has 2 aliphatic rings. The van der Waals surface area contributed by atoms with Crippen molar-refractivity contribution in [1.82, 2.24) is 0 Å². The van der Waals surface area contributed by atoms with E-state index >= 15 is 0 Å². The highest BCUT2D eigenvalue weighted by atomic mass is 16.6. The summed E-state index contributed by atoms with van der Waals surface area (Å²) in [5.41, 5.74) is 7.97. The summed E-state index contributed by atoms with van der Waals surface area (Å²) in [4.78, 5) is 21.5. The van der Waals surface area contributed by atoms with Crippen molar-refractivity contribution in [3.63, 3.8) is 0 Å². The topological polar surface area (TPSA) is 127 Å². The summed E-state index contributed by atoms with van der Waals surface area (Å²) in [6.07, 6.45) is 7.21. The molecule has 202 valence electrons. The van der Waals surface area contributed by atoms with Gasteiger partial charge in [-0.2, -0.15) is 0 Å². The van der Waals surface area contributed by atoms with Crippen molar-refractivity contribution in [2.75, 3.05) is 0 Å². The molecule has 0 aromatic heterocycles. The second-order valence-corrected chi connectivity index (χ2v) is 10.6. The number of nitrogens with zero attached hydrogens (tertiary/aromatic N) is 2. The first-order valence-corrected chi connectivity index (χ1v) is 13.6. The highest BCUT2D eigenvalue weighted by molar-refractivity contribution is 5.93. The van der Waals surface area contributed by atoms with Gasteiger partial charge in [-0.1, -0.05) is 0 Å². The lowest BCUT2D eigenvalue weighted by molar-refractivity contribution is -0.385. The van der Waals surface area contributed by atoms with Gasteiger partial charge in [-0.25, -0.2) is 0 Å². The zero-order valence-electron chi connectivity index (χ0n) is 21.9. The molecule has 6 rings (SSSR count). The van der Waals surface area contributed by atoms with Crippen LogP contribution < -0.4 is 0 Å². The van der Waals surface area contributed by atoms with Crippen molar-refractivity contribution in [2.45, 2.75) is 51.4 Å². The number of hydrogen-bond donors (Lipinski definition) is 2. The maximum Gasteiger partial charge on any atom is 0.269 e. The minimum Gasteiger partial charge on any atom is -0.507 e. The predicted molar refractivity (Wildman–Crippen MR) is 153 cm³/mol. The molecule has 0 spiro atoms. The number of non-ortho nitro benzene ring substituents is 2. The number of nitro groups is 2. The summed E-state index contributed by atoms with van der Waals surface area (Å²) in [6, 6.07) is 16.3. The molecular formula is C32H28N2O6. The van der Waals surface area contributed by atoms with E-state index in [0.29, 0.717) is 33.4 Å². The summed E-state index contributed by atoms with van der Waals surface area (Å²) >= 11 is 0. The van der Waals surface area contributed by atoms with E-state index in [-0.39, 0.29) is 22.9 Å². The largest absolute Gasteiger partial charge is 0.507 e. The summed E-state index contributed by atoms with van der Waals surface area (Å²) in [7, 11) is 0. The smallest absolute Gasteiger partial charge is 0.269 e. The van der Waals surface area contributed by atoms with Gasteiger partial charge in [-0.15, -0.1) is 0 Å². The molecule has 0 aliphatic heterocycles. The van der Waals surface area contributed by atoms with Gasteiger partial charge in [0.2, 0.25) is 0 Å². The van der Waals surface area contributed by atoms with Crippen LogP contribution in [0, 0.1) is 20.2 Å². The average Bonchev–Trinajstić information content (AvgIpc) is 2.97. The monoisotopic (exact) mass is 536 g/mol. The lowest BCUT2D eigenvalue weighted by Gasteiger charge is -2.28. The zero-order valence-corrected chi connectivity index (χ0v) is 21.9. The quantitative estimate of drug-likeness (QED) is 0.199. The summed E-state index contributed by atoms with van der Waals surface area (Å²) in [6.45, 7) is 0. The zero-order chi connectivity index (χ0) is 28.0. The summed E-state index contributed by atoms with van der Waals surface area (Å²) < 4.78 is 0. The van der Waals surface area contributed by atoms with Crippen LogP contribution >= 0.6 is 0 Å². The average molecular weight is 537 g/mol. The molecule has 0 radical (unpaired) electrons. The molecule has 0 fully saturated rings. The highest BCUT2D eigenvalue weighted by Gasteiger charge is 2.29. The first-order chi connectivity index (χ1) is 19.3. The van der Waals surface area contributed by atoms with Crippen LogP contribution in [0.15, 0.2) is 60.7 Å². The van der Waals surface area contributed by atoms with Gasteiger partial charge in [0.15, 0.2) is 0 Å². The lowest BCUT2D eigenvalue weighted by atomic mass is 9.77. The Bertz CT molecular complexity index is 1530. The van der Waals surface area contributed by atoms with E-state index in [2.05, 4.69) is 0 Å². The van der Waals surface area contributed by atoms with Gasteiger partial charge in [0, 0.05) is 46.5 Å². The molecule has 2 aliphatic carbocycles. The lowest BCUT2D eigenvalue weighted by Crippen LogP contribution is -2.10. The van der Waals surface area contributed by atoms with Crippen molar-refractivity contribution < 1.29 is 20.1 Å². The molecule has 40 heavy (non-hydrogen) atoms. The van der Waals surface area contributed by atoms with Crippen molar-refractivity contribution in [3.8, 4) is 44.9 Å². The number of phenols is 2. The second-order valence-electron chi connectivity index (χ2n) is 10.6. The number of aromatic hydroxyl groups is 2. The molecular weight excluding hydrogens is 508 g/mol. The van der Waals surface area contributed by atoms with Crippen LogP contribution in [0.1, 0.15) is 47.9 Å². The van der Waals surface area contributed by atoms with Gasteiger partial charge in [0.1, 0.15) is 11.5 Å². The predicted octanol–water partition coefficient (Wildman–Crippen LogP) is 7.67. The van der Waals surface area contributed by atoms with E-state index in [1.807, 2.05) is 12.1 Å². The van der Waals surface area contributed by atoms with Crippen molar-refractivity contribution in [2.24, 2.45) is 0 Å². The Morgan fingerprint density at radius 3 is 1.25 bits per heavy atom. The van der Waals surface area contributed by atoms with Crippen molar-refractivity contribution in [3.05, 3.63) is 103 Å². The summed E-state index contributed by atoms with van der Waals surface area (Å²) in [5.74, 6) is 0.108. The number of hydrogen-bond acceptors (Lipinski definition) is 6. The fourth-order valence-electron chi connectivity index (χ4n) is 6.29. The molecule has 4 aromatic carbocycles. The van der Waals surface area contributed by atoms with Gasteiger partial charge in [-0.05, 0) is 121 Å². The maximum atomic E-state index is 11.9. The highest BCUT2D eigenvalue weighted by Crippen LogP contribution is 2.52. The first-order valence-electron chi connectivity index (χ1n) is 13.6. The molecule has 0 atom stereocenters. The molecule has 2 N–H and O–H groups in total. The Morgan fingerprint density at radius 1 is 0.550 bits per heavy atom. The maximum absolute atomic E-state index is 11.9. The van der Waals surface area contributed by atoms with Gasteiger partial charge >= 0.3 is 0 Å². The van der Waals surface area contributed by atoms with E-state index in [0.717, 1.165) is 73.6 Å². The Labute approximate surface area is 230 Å². The van der Waals surface area contributed by atoms with Crippen LogP contribution in [0.2, 0.25) is 0 Å². The number of benzene rings is 4. The Hall–Kier alpha value is -4.72. The molecule has 0 saturated carbocycles. The third-order valence-corrected chi connectivity index (χ3v) is 8.27. The van der Waals surface area contributed by atoms with E-state index in [4.69, 9.17) is 0 Å². The summed E-state index contributed by atoms with van der Waals surface area (Å²) in [5, 5.41) is 46.2.